The van der Waals surface area contributed by atoms with Crippen LogP contribution in [0.2, 0.25) is 0 Å². The van der Waals surface area contributed by atoms with Crippen LogP contribution in [0.15, 0.2) is 82.4 Å². The Morgan fingerprint density at radius 1 is 1.00 bits per heavy atom. The Kier molecular flexibility index (Phi) is 7.86. The van der Waals surface area contributed by atoms with Crippen molar-refractivity contribution < 1.29 is 19.0 Å². The smallest absolute Gasteiger partial charge is 0.277 e. The molecule has 0 fully saturated rings. The summed E-state index contributed by atoms with van der Waals surface area (Å²) in [6.45, 7) is 0.328. The Bertz CT molecular complexity index is 992. The molecule has 6 nitrogen and oxygen atoms in total. The number of nitrogens with zero attached hydrogens (tertiary/aromatic N) is 1. The lowest BCUT2D eigenvalue weighted by Crippen LogP contribution is -2.24. The number of hydrazone groups is 1. The van der Waals surface area contributed by atoms with Crippen LogP contribution in [0.25, 0.3) is 0 Å². The van der Waals surface area contributed by atoms with Crippen molar-refractivity contribution in [3.05, 3.63) is 88.4 Å². The molecule has 1 amide bonds. The average Bonchev–Trinajstić information content (AvgIpc) is 2.78. The van der Waals surface area contributed by atoms with Gasteiger partial charge in [-0.05, 0) is 53.6 Å². The van der Waals surface area contributed by atoms with Crippen molar-refractivity contribution in [3.63, 3.8) is 0 Å². The zero-order valence-electron chi connectivity index (χ0n) is 16.4. The van der Waals surface area contributed by atoms with Gasteiger partial charge in [-0.25, -0.2) is 5.43 Å². The number of rotatable bonds is 9. The molecule has 0 unspecified atom stereocenters. The summed E-state index contributed by atoms with van der Waals surface area (Å²) in [5.74, 6) is 1.40. The van der Waals surface area contributed by atoms with Crippen molar-refractivity contribution in [2.45, 2.75) is 6.61 Å². The molecule has 0 saturated carbocycles. The number of hydrogen-bond acceptors (Lipinski definition) is 5. The zero-order valence-corrected chi connectivity index (χ0v) is 18.0. The lowest BCUT2D eigenvalue weighted by atomic mass is 10.2. The fraction of sp³-hybridized carbons (Fsp3) is 0.130. The maximum absolute atomic E-state index is 11.9. The normalized spacial score (nSPS) is 10.6. The van der Waals surface area contributed by atoms with E-state index in [4.69, 9.17) is 14.2 Å². The van der Waals surface area contributed by atoms with E-state index in [-0.39, 0.29) is 12.5 Å². The van der Waals surface area contributed by atoms with Crippen molar-refractivity contribution in [3.8, 4) is 17.2 Å². The molecule has 3 aromatic rings. The van der Waals surface area contributed by atoms with E-state index in [2.05, 4.69) is 26.5 Å². The largest absolute Gasteiger partial charge is 0.493 e. The Morgan fingerprint density at radius 3 is 2.50 bits per heavy atom. The molecule has 0 heterocycles. The third kappa shape index (κ3) is 6.63. The van der Waals surface area contributed by atoms with E-state index in [0.29, 0.717) is 18.1 Å². The molecule has 0 radical (unpaired) electrons. The first-order chi connectivity index (χ1) is 14.6. The lowest BCUT2D eigenvalue weighted by molar-refractivity contribution is -0.123. The van der Waals surface area contributed by atoms with Gasteiger partial charge in [-0.2, -0.15) is 5.10 Å². The Morgan fingerprint density at radius 2 is 1.77 bits per heavy atom. The quantitative estimate of drug-likeness (QED) is 0.369. The average molecular weight is 469 g/mol. The standard InChI is InChI=1S/C23H21BrN2O4/c1-28-22-13-19(24)9-12-21(22)30-16-23(27)26-25-14-17-7-10-20(11-8-17)29-15-18-5-3-2-4-6-18/h2-14H,15-16H2,1H3,(H,26,27)/b25-14+. The number of halogens is 1. The van der Waals surface area contributed by atoms with E-state index >= 15 is 0 Å². The number of carbonyl (C=O) groups excluding carboxylic acids is 1. The first kappa shape index (κ1) is 21.4. The molecular formula is C23H21BrN2O4. The van der Waals surface area contributed by atoms with Crippen molar-refractivity contribution in [2.24, 2.45) is 5.10 Å². The van der Waals surface area contributed by atoms with Gasteiger partial charge in [-0.1, -0.05) is 46.3 Å². The molecule has 0 aliphatic rings. The highest BCUT2D eigenvalue weighted by atomic mass is 79.9. The Labute approximate surface area is 183 Å². The van der Waals surface area contributed by atoms with Gasteiger partial charge in [0.1, 0.15) is 12.4 Å². The number of nitrogens with one attached hydrogen (secondary N) is 1. The topological polar surface area (TPSA) is 69.2 Å². The second-order valence-electron chi connectivity index (χ2n) is 6.22. The summed E-state index contributed by atoms with van der Waals surface area (Å²) in [5.41, 5.74) is 4.37. The molecule has 3 aromatic carbocycles. The molecule has 0 aliphatic heterocycles. The van der Waals surface area contributed by atoms with Gasteiger partial charge in [0.05, 0.1) is 13.3 Å². The maximum Gasteiger partial charge on any atom is 0.277 e. The molecule has 0 aromatic heterocycles. The number of amides is 1. The van der Waals surface area contributed by atoms with E-state index in [0.717, 1.165) is 21.3 Å². The number of ether oxygens (including phenoxy) is 3. The first-order valence-corrected chi connectivity index (χ1v) is 9.98. The van der Waals surface area contributed by atoms with Crippen molar-refractivity contribution in [1.82, 2.24) is 5.43 Å². The van der Waals surface area contributed by atoms with Gasteiger partial charge in [-0.3, -0.25) is 4.79 Å². The Hall–Kier alpha value is -3.32. The third-order valence-electron chi connectivity index (χ3n) is 4.02. The summed E-state index contributed by atoms with van der Waals surface area (Å²) < 4.78 is 17.3. The Balaban J connectivity index is 1.44. The molecule has 1 N–H and O–H groups in total. The SMILES string of the molecule is COc1cc(Br)ccc1OCC(=O)N/N=C/c1ccc(OCc2ccccc2)cc1. The molecule has 154 valence electrons. The fourth-order valence-corrected chi connectivity index (χ4v) is 2.85. The summed E-state index contributed by atoms with van der Waals surface area (Å²) in [7, 11) is 1.54. The predicted molar refractivity (Wildman–Crippen MR) is 119 cm³/mol. The van der Waals surface area contributed by atoms with E-state index in [1.165, 1.54) is 7.11 Å². The highest BCUT2D eigenvalue weighted by Crippen LogP contribution is 2.30. The van der Waals surface area contributed by atoms with Crippen LogP contribution in [0.4, 0.5) is 0 Å². The van der Waals surface area contributed by atoms with Gasteiger partial charge < -0.3 is 14.2 Å². The van der Waals surface area contributed by atoms with Gasteiger partial charge in [0.2, 0.25) is 0 Å². The van der Waals surface area contributed by atoms with E-state index in [1.807, 2.05) is 54.6 Å². The second kappa shape index (κ2) is 11.0. The fourth-order valence-electron chi connectivity index (χ4n) is 2.51. The van der Waals surface area contributed by atoms with E-state index in [1.54, 1.807) is 24.4 Å². The summed E-state index contributed by atoms with van der Waals surface area (Å²) in [6.07, 6.45) is 1.55. The number of methoxy groups -OCH3 is 1. The molecule has 30 heavy (non-hydrogen) atoms. The van der Waals surface area contributed by atoms with Gasteiger partial charge in [0, 0.05) is 4.47 Å². The van der Waals surface area contributed by atoms with Crippen LogP contribution >= 0.6 is 15.9 Å². The van der Waals surface area contributed by atoms with Crippen LogP contribution in [0.1, 0.15) is 11.1 Å². The van der Waals surface area contributed by atoms with Gasteiger partial charge in [0.15, 0.2) is 18.1 Å². The van der Waals surface area contributed by atoms with Crippen LogP contribution in [0.5, 0.6) is 17.2 Å². The molecular weight excluding hydrogens is 448 g/mol. The molecule has 0 aliphatic carbocycles. The van der Waals surface area contributed by atoms with Crippen LogP contribution < -0.4 is 19.6 Å². The molecule has 0 atom stereocenters. The van der Waals surface area contributed by atoms with Crippen molar-refractivity contribution in [2.75, 3.05) is 13.7 Å². The zero-order chi connectivity index (χ0) is 21.2. The minimum absolute atomic E-state index is 0.179. The highest BCUT2D eigenvalue weighted by molar-refractivity contribution is 9.10. The number of benzene rings is 3. The summed E-state index contributed by atoms with van der Waals surface area (Å²) in [6, 6.07) is 22.7. The van der Waals surface area contributed by atoms with Crippen LogP contribution in [0.3, 0.4) is 0 Å². The van der Waals surface area contributed by atoms with Gasteiger partial charge in [0.25, 0.3) is 5.91 Å². The van der Waals surface area contributed by atoms with E-state index < -0.39 is 0 Å². The van der Waals surface area contributed by atoms with Crippen molar-refractivity contribution in [1.29, 1.82) is 0 Å². The molecule has 0 spiro atoms. The minimum Gasteiger partial charge on any atom is -0.493 e. The number of hydrogen-bond donors (Lipinski definition) is 1. The molecule has 7 heteroatoms. The molecule has 0 saturated heterocycles. The summed E-state index contributed by atoms with van der Waals surface area (Å²) >= 11 is 3.36. The number of carbonyl (C=O) groups is 1. The van der Waals surface area contributed by atoms with Gasteiger partial charge >= 0.3 is 0 Å². The molecule has 3 rings (SSSR count). The lowest BCUT2D eigenvalue weighted by Gasteiger charge is -2.10. The third-order valence-corrected chi connectivity index (χ3v) is 4.51. The first-order valence-electron chi connectivity index (χ1n) is 9.19. The molecule has 0 bridgehead atoms. The minimum atomic E-state index is -0.376. The monoisotopic (exact) mass is 468 g/mol. The summed E-state index contributed by atoms with van der Waals surface area (Å²) in [5, 5.41) is 3.95. The van der Waals surface area contributed by atoms with Crippen molar-refractivity contribution >= 4 is 28.1 Å². The highest BCUT2D eigenvalue weighted by Gasteiger charge is 2.07. The van der Waals surface area contributed by atoms with Crippen LogP contribution in [-0.4, -0.2) is 25.8 Å². The van der Waals surface area contributed by atoms with Crippen LogP contribution in [-0.2, 0) is 11.4 Å². The summed E-state index contributed by atoms with van der Waals surface area (Å²) in [4.78, 5) is 11.9. The van der Waals surface area contributed by atoms with Gasteiger partial charge in [-0.15, -0.1) is 0 Å². The maximum atomic E-state index is 11.9. The second-order valence-corrected chi connectivity index (χ2v) is 7.14. The van der Waals surface area contributed by atoms with E-state index in [9.17, 15) is 4.79 Å². The van der Waals surface area contributed by atoms with Crippen LogP contribution in [0, 0.1) is 0 Å². The predicted octanol–water partition coefficient (Wildman–Crippen LogP) is 4.57.